The molecule has 2 fully saturated rings. The van der Waals surface area contributed by atoms with Gasteiger partial charge in [0.05, 0.1) is 0 Å². The summed E-state index contributed by atoms with van der Waals surface area (Å²) in [6.45, 7) is 5.82. The van der Waals surface area contributed by atoms with E-state index in [0.29, 0.717) is 16.9 Å². The van der Waals surface area contributed by atoms with E-state index < -0.39 is 0 Å². The number of rotatable bonds is 4. The summed E-state index contributed by atoms with van der Waals surface area (Å²) >= 11 is 6.04. The molecule has 6 heteroatoms. The monoisotopic (exact) mass is 346 g/mol. The van der Waals surface area contributed by atoms with Gasteiger partial charge in [-0.1, -0.05) is 28.9 Å². The number of benzene rings is 1. The van der Waals surface area contributed by atoms with Gasteiger partial charge in [-0.05, 0) is 56.8 Å². The lowest BCUT2D eigenvalue weighted by Crippen LogP contribution is -2.38. The standard InChI is InChI=1S/C18H23ClN4O/c19-16-5-3-4-15(12-16)17-20-18(24-21-17)23-10-6-14(7-11-23)13-22-8-1-2-9-22/h3-5,12,14H,1-2,6-11,13H2. The highest BCUT2D eigenvalue weighted by Gasteiger charge is 2.25. The maximum atomic E-state index is 6.04. The Hall–Kier alpha value is -1.59. The van der Waals surface area contributed by atoms with Crippen molar-refractivity contribution in [2.45, 2.75) is 25.7 Å². The maximum Gasteiger partial charge on any atom is 0.324 e. The maximum absolute atomic E-state index is 6.04. The van der Waals surface area contributed by atoms with Crippen LogP contribution in [0.3, 0.4) is 0 Å². The van der Waals surface area contributed by atoms with Crippen LogP contribution in [0.1, 0.15) is 25.7 Å². The van der Waals surface area contributed by atoms with Gasteiger partial charge in [0, 0.05) is 30.2 Å². The molecule has 0 amide bonds. The molecule has 24 heavy (non-hydrogen) atoms. The predicted molar refractivity (Wildman–Crippen MR) is 95.4 cm³/mol. The van der Waals surface area contributed by atoms with E-state index >= 15 is 0 Å². The van der Waals surface area contributed by atoms with Crippen LogP contribution in [0, 0.1) is 5.92 Å². The van der Waals surface area contributed by atoms with E-state index in [0.717, 1.165) is 24.6 Å². The Labute approximate surface area is 147 Å². The highest BCUT2D eigenvalue weighted by atomic mass is 35.5. The van der Waals surface area contributed by atoms with Crippen LogP contribution in [0.2, 0.25) is 5.02 Å². The van der Waals surface area contributed by atoms with Gasteiger partial charge in [-0.3, -0.25) is 0 Å². The minimum Gasteiger partial charge on any atom is -0.324 e. The van der Waals surface area contributed by atoms with Crippen LogP contribution >= 0.6 is 11.6 Å². The SMILES string of the molecule is Clc1cccc(-c2noc(N3CCC(CN4CCCC4)CC3)n2)c1. The van der Waals surface area contributed by atoms with E-state index in [2.05, 4.69) is 19.9 Å². The van der Waals surface area contributed by atoms with Crippen LogP contribution in [-0.4, -0.2) is 47.8 Å². The van der Waals surface area contributed by atoms with Gasteiger partial charge in [0.1, 0.15) is 0 Å². The summed E-state index contributed by atoms with van der Waals surface area (Å²) < 4.78 is 5.48. The number of likely N-dealkylation sites (tertiary alicyclic amines) is 1. The van der Waals surface area contributed by atoms with Crippen molar-refractivity contribution in [2.75, 3.05) is 37.6 Å². The quantitative estimate of drug-likeness (QED) is 0.844. The van der Waals surface area contributed by atoms with Crippen LogP contribution in [0.25, 0.3) is 11.4 Å². The Morgan fingerprint density at radius 2 is 1.92 bits per heavy atom. The van der Waals surface area contributed by atoms with Crippen molar-refractivity contribution < 1.29 is 4.52 Å². The van der Waals surface area contributed by atoms with Gasteiger partial charge in [0.15, 0.2) is 0 Å². The first-order valence-electron chi connectivity index (χ1n) is 8.85. The van der Waals surface area contributed by atoms with Gasteiger partial charge in [-0.15, -0.1) is 0 Å². The first kappa shape index (κ1) is 15.9. The number of anilines is 1. The fourth-order valence-corrected chi connectivity index (χ4v) is 3.92. The average molecular weight is 347 g/mol. The van der Waals surface area contributed by atoms with E-state index in [1.54, 1.807) is 0 Å². The fourth-order valence-electron chi connectivity index (χ4n) is 3.73. The van der Waals surface area contributed by atoms with Crippen LogP contribution in [0.5, 0.6) is 0 Å². The third-order valence-electron chi connectivity index (χ3n) is 5.10. The smallest absolute Gasteiger partial charge is 0.324 e. The van der Waals surface area contributed by atoms with Gasteiger partial charge < -0.3 is 14.3 Å². The average Bonchev–Trinajstić information content (AvgIpc) is 3.27. The molecule has 0 saturated carbocycles. The molecule has 0 radical (unpaired) electrons. The molecular weight excluding hydrogens is 324 g/mol. The second-order valence-corrected chi connectivity index (χ2v) is 7.29. The summed E-state index contributed by atoms with van der Waals surface area (Å²) in [6.07, 6.45) is 5.14. The number of aromatic nitrogens is 2. The largest absolute Gasteiger partial charge is 0.324 e. The topological polar surface area (TPSA) is 45.4 Å². The molecule has 4 rings (SSSR count). The number of hydrogen-bond donors (Lipinski definition) is 0. The van der Waals surface area contributed by atoms with Crippen molar-refractivity contribution in [3.63, 3.8) is 0 Å². The zero-order valence-corrected chi connectivity index (χ0v) is 14.6. The van der Waals surface area contributed by atoms with Crippen molar-refractivity contribution in [3.8, 4) is 11.4 Å². The highest BCUT2D eigenvalue weighted by Crippen LogP contribution is 2.26. The molecule has 0 N–H and O–H groups in total. The molecular formula is C18H23ClN4O. The second kappa shape index (κ2) is 7.11. The van der Waals surface area contributed by atoms with E-state index in [1.807, 2.05) is 24.3 Å². The highest BCUT2D eigenvalue weighted by molar-refractivity contribution is 6.30. The molecule has 0 aliphatic carbocycles. The molecule has 128 valence electrons. The minimum atomic E-state index is 0.603. The molecule has 2 aliphatic heterocycles. The second-order valence-electron chi connectivity index (χ2n) is 6.85. The lowest BCUT2D eigenvalue weighted by molar-refractivity contribution is 0.246. The van der Waals surface area contributed by atoms with Crippen LogP contribution in [0.4, 0.5) is 6.01 Å². The molecule has 1 aromatic heterocycles. The van der Waals surface area contributed by atoms with E-state index in [-0.39, 0.29) is 0 Å². The number of nitrogens with zero attached hydrogens (tertiary/aromatic N) is 4. The molecule has 0 unspecified atom stereocenters. The number of halogens is 1. The number of hydrogen-bond acceptors (Lipinski definition) is 5. The minimum absolute atomic E-state index is 0.603. The molecule has 2 aliphatic rings. The Kier molecular flexibility index (Phi) is 4.72. The van der Waals surface area contributed by atoms with Gasteiger partial charge >= 0.3 is 6.01 Å². The number of piperidine rings is 1. The van der Waals surface area contributed by atoms with Crippen molar-refractivity contribution in [1.82, 2.24) is 15.0 Å². The van der Waals surface area contributed by atoms with E-state index in [4.69, 9.17) is 16.1 Å². The summed E-state index contributed by atoms with van der Waals surface area (Å²) in [5, 5.41) is 4.79. The Morgan fingerprint density at radius 1 is 1.12 bits per heavy atom. The summed E-state index contributed by atoms with van der Waals surface area (Å²) in [6, 6.07) is 8.18. The van der Waals surface area contributed by atoms with E-state index in [1.165, 1.54) is 45.3 Å². The van der Waals surface area contributed by atoms with Crippen LogP contribution in [-0.2, 0) is 0 Å². The Bertz CT molecular complexity index is 675. The van der Waals surface area contributed by atoms with Crippen molar-refractivity contribution in [1.29, 1.82) is 0 Å². The predicted octanol–water partition coefficient (Wildman–Crippen LogP) is 3.70. The van der Waals surface area contributed by atoms with Crippen molar-refractivity contribution >= 4 is 17.6 Å². The fraction of sp³-hybridized carbons (Fsp3) is 0.556. The first-order chi connectivity index (χ1) is 11.8. The molecule has 1 aromatic carbocycles. The van der Waals surface area contributed by atoms with Crippen LogP contribution < -0.4 is 4.90 Å². The Morgan fingerprint density at radius 3 is 2.67 bits per heavy atom. The molecule has 2 aromatic rings. The van der Waals surface area contributed by atoms with Gasteiger partial charge in [0.25, 0.3) is 0 Å². The van der Waals surface area contributed by atoms with E-state index in [9.17, 15) is 0 Å². The summed E-state index contributed by atoms with van der Waals surface area (Å²) in [5.74, 6) is 1.40. The molecule has 0 spiro atoms. The third-order valence-corrected chi connectivity index (χ3v) is 5.33. The van der Waals surface area contributed by atoms with Crippen molar-refractivity contribution in [3.05, 3.63) is 29.3 Å². The van der Waals surface area contributed by atoms with Gasteiger partial charge in [-0.25, -0.2) is 0 Å². The van der Waals surface area contributed by atoms with Gasteiger partial charge in [0.2, 0.25) is 5.82 Å². The molecule has 2 saturated heterocycles. The van der Waals surface area contributed by atoms with Gasteiger partial charge in [-0.2, -0.15) is 4.98 Å². The zero-order valence-electron chi connectivity index (χ0n) is 13.8. The summed E-state index contributed by atoms with van der Waals surface area (Å²) in [4.78, 5) is 9.38. The normalized spacial score (nSPS) is 20.0. The lowest BCUT2D eigenvalue weighted by atomic mass is 9.96. The molecule has 5 nitrogen and oxygen atoms in total. The molecule has 0 atom stereocenters. The molecule has 0 bridgehead atoms. The first-order valence-corrected chi connectivity index (χ1v) is 9.23. The summed E-state index contributed by atoms with van der Waals surface area (Å²) in [5.41, 5.74) is 0.890. The Balaban J connectivity index is 1.36. The van der Waals surface area contributed by atoms with Crippen molar-refractivity contribution in [2.24, 2.45) is 5.92 Å². The zero-order chi connectivity index (χ0) is 16.4. The van der Waals surface area contributed by atoms with Crippen LogP contribution in [0.15, 0.2) is 28.8 Å². The third kappa shape index (κ3) is 3.57. The lowest BCUT2D eigenvalue weighted by Gasteiger charge is -2.32. The molecule has 3 heterocycles. The summed E-state index contributed by atoms with van der Waals surface area (Å²) in [7, 11) is 0.